The maximum Gasteiger partial charge on any atom is 0.304 e. The molecule has 4 nitrogen and oxygen atoms in total. The monoisotopic (exact) mass is 373 g/mol. The van der Waals surface area contributed by atoms with Crippen LogP contribution in [0.4, 0.5) is 0 Å². The molecule has 0 amide bonds. The molecule has 0 saturated carbocycles. The van der Waals surface area contributed by atoms with Gasteiger partial charge in [0, 0.05) is 28.1 Å². The van der Waals surface area contributed by atoms with Crippen LogP contribution in [0.3, 0.4) is 0 Å². The van der Waals surface area contributed by atoms with Gasteiger partial charge in [-0.1, -0.05) is 35.9 Å². The van der Waals surface area contributed by atoms with Gasteiger partial charge in [0.2, 0.25) is 0 Å². The second-order valence-electron chi connectivity index (χ2n) is 5.49. The van der Waals surface area contributed by atoms with E-state index in [2.05, 4.69) is 4.98 Å². The van der Waals surface area contributed by atoms with E-state index in [9.17, 15) is 9.90 Å². The predicted octanol–water partition coefficient (Wildman–Crippen LogP) is 5.08. The molecule has 0 fully saturated rings. The normalized spacial score (nSPS) is 11.9. The molecule has 0 radical (unpaired) electrons. The van der Waals surface area contributed by atoms with Crippen molar-refractivity contribution in [1.29, 1.82) is 0 Å². The van der Waals surface area contributed by atoms with Crippen molar-refractivity contribution in [1.82, 2.24) is 4.98 Å². The van der Waals surface area contributed by atoms with E-state index in [1.807, 2.05) is 41.8 Å². The number of aromatic nitrogens is 1. The van der Waals surface area contributed by atoms with E-state index in [1.165, 1.54) is 11.3 Å². The van der Waals surface area contributed by atoms with Crippen LogP contribution >= 0.6 is 22.9 Å². The fourth-order valence-electron chi connectivity index (χ4n) is 2.76. The average molecular weight is 374 g/mol. The lowest BCUT2D eigenvalue weighted by Crippen LogP contribution is -2.07. The highest BCUT2D eigenvalue weighted by atomic mass is 35.5. The van der Waals surface area contributed by atoms with Crippen molar-refractivity contribution >= 4 is 28.9 Å². The highest BCUT2D eigenvalue weighted by molar-refractivity contribution is 7.09. The van der Waals surface area contributed by atoms with Gasteiger partial charge in [-0.2, -0.15) is 0 Å². The number of carboxylic acid groups (broad SMARTS) is 1. The predicted molar refractivity (Wildman–Crippen MR) is 99.6 cm³/mol. The van der Waals surface area contributed by atoms with Crippen LogP contribution in [-0.4, -0.2) is 23.2 Å². The number of hydrogen-bond acceptors (Lipinski definition) is 4. The Labute approximate surface area is 154 Å². The minimum Gasteiger partial charge on any atom is -0.496 e. The SMILES string of the molecule is COc1ccc(Cl)cc1-c1cccc(C(CC(=O)O)c2nccs2)c1. The summed E-state index contributed by atoms with van der Waals surface area (Å²) in [7, 11) is 1.61. The molecule has 1 atom stereocenters. The van der Waals surface area contributed by atoms with Crippen molar-refractivity contribution in [3.8, 4) is 16.9 Å². The van der Waals surface area contributed by atoms with Gasteiger partial charge in [-0.05, 0) is 29.3 Å². The van der Waals surface area contributed by atoms with Gasteiger partial charge in [0.1, 0.15) is 10.8 Å². The molecule has 3 rings (SSSR count). The Morgan fingerprint density at radius 1 is 1.32 bits per heavy atom. The molecule has 0 spiro atoms. The summed E-state index contributed by atoms with van der Waals surface area (Å²) in [5.74, 6) is -0.431. The lowest BCUT2D eigenvalue weighted by atomic mass is 9.93. The Bertz CT molecular complexity index is 880. The smallest absolute Gasteiger partial charge is 0.304 e. The number of halogens is 1. The zero-order valence-electron chi connectivity index (χ0n) is 13.5. The van der Waals surface area contributed by atoms with Crippen LogP contribution in [0.1, 0.15) is 22.9 Å². The molecule has 1 heterocycles. The Morgan fingerprint density at radius 2 is 2.16 bits per heavy atom. The summed E-state index contributed by atoms with van der Waals surface area (Å²) in [6.45, 7) is 0. The van der Waals surface area contributed by atoms with E-state index in [-0.39, 0.29) is 12.3 Å². The van der Waals surface area contributed by atoms with Crippen LogP contribution in [0.5, 0.6) is 5.75 Å². The summed E-state index contributed by atoms with van der Waals surface area (Å²) >= 11 is 7.59. The molecule has 0 aliphatic rings. The summed E-state index contributed by atoms with van der Waals surface area (Å²) in [5.41, 5.74) is 2.69. The molecule has 1 unspecified atom stereocenters. The standard InChI is InChI=1S/C19H16ClNO3S/c1-24-17-6-5-14(20)10-15(17)12-3-2-4-13(9-12)16(11-18(22)23)19-21-7-8-25-19/h2-10,16H,11H2,1H3,(H,22,23). The Hall–Kier alpha value is -2.37. The Kier molecular flexibility index (Phi) is 5.36. The maximum absolute atomic E-state index is 11.3. The molecule has 25 heavy (non-hydrogen) atoms. The summed E-state index contributed by atoms with van der Waals surface area (Å²) in [6.07, 6.45) is 1.68. The highest BCUT2D eigenvalue weighted by Crippen LogP contribution is 2.36. The minimum absolute atomic E-state index is 0.0103. The Morgan fingerprint density at radius 3 is 2.84 bits per heavy atom. The number of aliphatic carboxylic acids is 1. The first kappa shape index (κ1) is 17.5. The molecule has 3 aromatic rings. The van der Waals surface area contributed by atoms with Crippen LogP contribution in [0, 0.1) is 0 Å². The number of carbonyl (C=O) groups is 1. The number of thiazole rings is 1. The summed E-state index contributed by atoms with van der Waals surface area (Å²) in [5, 5.41) is 12.5. The molecule has 6 heteroatoms. The van der Waals surface area contributed by atoms with E-state index in [0.29, 0.717) is 10.8 Å². The van der Waals surface area contributed by atoms with Gasteiger partial charge in [-0.15, -0.1) is 11.3 Å². The van der Waals surface area contributed by atoms with Crippen molar-refractivity contribution in [3.05, 3.63) is 69.6 Å². The topological polar surface area (TPSA) is 59.4 Å². The van der Waals surface area contributed by atoms with Gasteiger partial charge in [0.15, 0.2) is 0 Å². The van der Waals surface area contributed by atoms with Gasteiger partial charge in [-0.25, -0.2) is 4.98 Å². The fraction of sp³-hybridized carbons (Fsp3) is 0.158. The highest BCUT2D eigenvalue weighted by Gasteiger charge is 2.21. The third-order valence-electron chi connectivity index (χ3n) is 3.89. The number of nitrogens with zero attached hydrogens (tertiary/aromatic N) is 1. The van der Waals surface area contributed by atoms with Gasteiger partial charge in [-0.3, -0.25) is 4.79 Å². The van der Waals surface area contributed by atoms with Crippen LogP contribution in [-0.2, 0) is 4.79 Å². The molecule has 0 saturated heterocycles. The lowest BCUT2D eigenvalue weighted by molar-refractivity contribution is -0.137. The van der Waals surface area contributed by atoms with Crippen molar-refractivity contribution in [2.75, 3.05) is 7.11 Å². The largest absolute Gasteiger partial charge is 0.496 e. The van der Waals surface area contributed by atoms with Crippen LogP contribution in [0.15, 0.2) is 54.0 Å². The first-order valence-corrected chi connectivity index (χ1v) is 8.89. The van der Waals surface area contributed by atoms with E-state index in [1.54, 1.807) is 19.4 Å². The molecule has 1 N–H and O–H groups in total. The summed E-state index contributed by atoms with van der Waals surface area (Å²) < 4.78 is 5.43. The van der Waals surface area contributed by atoms with E-state index in [4.69, 9.17) is 16.3 Å². The molecule has 0 aliphatic carbocycles. The second-order valence-corrected chi connectivity index (χ2v) is 6.85. The zero-order valence-corrected chi connectivity index (χ0v) is 15.1. The van der Waals surface area contributed by atoms with Crippen molar-refractivity contribution < 1.29 is 14.6 Å². The second kappa shape index (κ2) is 7.68. The average Bonchev–Trinajstić information content (AvgIpc) is 3.14. The molecule has 0 aliphatic heterocycles. The molecular formula is C19H16ClNO3S. The quantitative estimate of drug-likeness (QED) is 0.654. The van der Waals surface area contributed by atoms with Crippen LogP contribution in [0.2, 0.25) is 5.02 Å². The molecule has 0 bridgehead atoms. The number of benzene rings is 2. The van der Waals surface area contributed by atoms with Gasteiger partial charge >= 0.3 is 5.97 Å². The molecule has 2 aromatic carbocycles. The van der Waals surface area contributed by atoms with Crippen LogP contribution in [0.25, 0.3) is 11.1 Å². The van der Waals surface area contributed by atoms with E-state index >= 15 is 0 Å². The lowest BCUT2D eigenvalue weighted by Gasteiger charge is -2.15. The van der Waals surface area contributed by atoms with Crippen LogP contribution < -0.4 is 4.74 Å². The molecular weight excluding hydrogens is 358 g/mol. The third-order valence-corrected chi connectivity index (χ3v) is 5.01. The Balaban J connectivity index is 2.06. The van der Waals surface area contributed by atoms with Gasteiger partial charge in [0.05, 0.1) is 13.5 Å². The molecule has 128 valence electrons. The minimum atomic E-state index is -0.856. The van der Waals surface area contributed by atoms with Crippen molar-refractivity contribution in [2.24, 2.45) is 0 Å². The first-order chi connectivity index (χ1) is 12.1. The van der Waals surface area contributed by atoms with E-state index < -0.39 is 5.97 Å². The number of methoxy groups -OCH3 is 1. The maximum atomic E-state index is 11.3. The first-order valence-electron chi connectivity index (χ1n) is 7.63. The summed E-state index contributed by atoms with van der Waals surface area (Å²) in [4.78, 5) is 15.6. The van der Waals surface area contributed by atoms with Crippen molar-refractivity contribution in [2.45, 2.75) is 12.3 Å². The number of rotatable bonds is 6. The van der Waals surface area contributed by atoms with E-state index in [0.717, 1.165) is 21.7 Å². The third kappa shape index (κ3) is 4.00. The van der Waals surface area contributed by atoms with Gasteiger partial charge in [0.25, 0.3) is 0 Å². The van der Waals surface area contributed by atoms with Crippen molar-refractivity contribution in [3.63, 3.8) is 0 Å². The summed E-state index contributed by atoms with van der Waals surface area (Å²) in [6, 6.07) is 13.2. The van der Waals surface area contributed by atoms with Gasteiger partial charge < -0.3 is 9.84 Å². The zero-order chi connectivity index (χ0) is 17.8. The number of ether oxygens (including phenoxy) is 1. The number of carboxylic acids is 1. The molecule has 1 aromatic heterocycles. The number of hydrogen-bond donors (Lipinski definition) is 1. The fourth-order valence-corrected chi connectivity index (χ4v) is 3.70.